The van der Waals surface area contributed by atoms with Gasteiger partial charge in [0.2, 0.25) is 119 Å². The van der Waals surface area contributed by atoms with Gasteiger partial charge < -0.3 is 180 Å². The highest BCUT2D eigenvalue weighted by Crippen LogP contribution is 2.17. The van der Waals surface area contributed by atoms with Gasteiger partial charge in [0.25, 0.3) is 0 Å². The zero-order valence-electron chi connectivity index (χ0n) is 86.0. The number of likely N-dealkylation sites (tertiary alicyclic amines) is 2. The van der Waals surface area contributed by atoms with Crippen LogP contribution in [0.2, 0.25) is 0 Å². The maximum atomic E-state index is 13.2. The van der Waals surface area contributed by atoms with Crippen molar-refractivity contribution in [1.29, 1.82) is 0 Å². The van der Waals surface area contributed by atoms with Crippen LogP contribution in [0.3, 0.4) is 0 Å². The first-order valence-electron chi connectivity index (χ1n) is 47.2. The summed E-state index contributed by atoms with van der Waals surface area (Å²) in [5.74, 6) is -20.8. The summed E-state index contributed by atoms with van der Waals surface area (Å²) in [4.78, 5) is 280. The van der Waals surface area contributed by atoms with Crippen molar-refractivity contribution in [2.75, 3.05) is 93.8 Å². The number of hydrogen-bond donors (Lipinski definition) is 34. The number of likely N-dealkylation sites (N-methyl/N-ethyl adjacent to an activating group) is 4. The zero-order valence-corrected chi connectivity index (χ0v) is 86.0. The van der Waals surface area contributed by atoms with Gasteiger partial charge >= 0.3 is 11.9 Å². The molecule has 40 N–H and O–H groups in total. The number of piperidine rings is 2. The van der Waals surface area contributed by atoms with Gasteiger partial charge in [0.05, 0.1) is 62.6 Å². The maximum absolute atomic E-state index is 13.2. The van der Waals surface area contributed by atoms with Crippen LogP contribution in [0.5, 0.6) is 0 Å². The van der Waals surface area contributed by atoms with Crippen LogP contribution in [0.25, 0.3) is 0 Å². The van der Waals surface area contributed by atoms with Crippen LogP contribution < -0.4 is 119 Å². The van der Waals surface area contributed by atoms with Gasteiger partial charge in [0.1, 0.15) is 72.5 Å². The lowest BCUT2D eigenvalue weighted by Crippen LogP contribution is -2.62. The van der Waals surface area contributed by atoms with Crippen molar-refractivity contribution in [3.05, 3.63) is 23.3 Å². The molecule has 20 amide bonds. The average Bonchev–Trinajstić information content (AvgIpc) is 0.840. The molecule has 62 nitrogen and oxygen atoms in total. The fourth-order valence-electron chi connectivity index (χ4n) is 13.0. The van der Waals surface area contributed by atoms with Gasteiger partial charge in [0, 0.05) is 97.6 Å². The molecule has 2 aliphatic rings. The van der Waals surface area contributed by atoms with Crippen LogP contribution in [0.1, 0.15) is 153 Å². The summed E-state index contributed by atoms with van der Waals surface area (Å²) >= 11 is 0. The van der Waals surface area contributed by atoms with Gasteiger partial charge in [-0.2, -0.15) is 0 Å². The second-order valence-corrected chi connectivity index (χ2v) is 34.7. The number of aliphatic hydroxyl groups excluding tert-OH is 8. The van der Waals surface area contributed by atoms with Gasteiger partial charge in [-0.3, -0.25) is 116 Å². The smallest absolute Gasteiger partial charge is 0.335 e. The van der Waals surface area contributed by atoms with Crippen molar-refractivity contribution in [1.82, 2.24) is 105 Å². The van der Waals surface area contributed by atoms with Gasteiger partial charge in [-0.1, -0.05) is 26.0 Å². The van der Waals surface area contributed by atoms with Crippen LogP contribution >= 0.6 is 0 Å². The number of hydroxylamine groups is 4. The summed E-state index contributed by atoms with van der Waals surface area (Å²) in [7, 11) is 5.91. The fourth-order valence-corrected chi connectivity index (χ4v) is 13.0. The Morgan fingerprint density at radius 1 is 0.430 bits per heavy atom. The molecule has 0 aromatic heterocycles. The predicted octanol–water partition coefficient (Wildman–Crippen LogP) is -16.0. The summed E-state index contributed by atoms with van der Waals surface area (Å²) in [6.45, 7) is 13.8. The van der Waals surface area contributed by atoms with E-state index in [1.807, 2.05) is 21.3 Å². The zero-order chi connectivity index (χ0) is 115. The molecule has 149 heavy (non-hydrogen) atoms. The van der Waals surface area contributed by atoms with Gasteiger partial charge in [-0.25, -0.2) is 19.7 Å². The van der Waals surface area contributed by atoms with Crippen molar-refractivity contribution in [2.45, 2.75) is 274 Å². The molecule has 0 bridgehead atoms. The van der Waals surface area contributed by atoms with E-state index in [-0.39, 0.29) is 108 Å². The Kier molecular flexibility index (Phi) is 65.7. The Hall–Kier alpha value is -14.1. The number of carboxylic acids is 2. The molecule has 2 rings (SSSR count). The van der Waals surface area contributed by atoms with Crippen molar-refractivity contribution < 1.29 is 167 Å². The fraction of sp³-hybridized carbons (Fsp3) is 0.678. The first-order valence-corrected chi connectivity index (χ1v) is 47.2. The van der Waals surface area contributed by atoms with E-state index in [0.29, 0.717) is 60.0 Å². The minimum Gasteiger partial charge on any atom is -0.479 e. The normalized spacial score (nSPS) is 17.3. The molecule has 2 aliphatic heterocycles. The van der Waals surface area contributed by atoms with E-state index >= 15 is 0 Å². The third-order valence-electron chi connectivity index (χ3n) is 22.6. The highest BCUT2D eigenvalue weighted by atomic mass is 16.5. The number of guanidine groups is 2. The van der Waals surface area contributed by atoms with E-state index in [0.717, 1.165) is 20.8 Å². The molecule has 0 aliphatic carbocycles. The Morgan fingerprint density at radius 3 is 1.01 bits per heavy atom. The highest BCUT2D eigenvalue weighted by Gasteiger charge is 2.43. The Morgan fingerprint density at radius 2 is 0.732 bits per heavy atom. The number of nitrogens with one attached hydrogen (secondary N) is 16. The van der Waals surface area contributed by atoms with E-state index in [9.17, 15) is 157 Å². The molecule has 0 saturated carbocycles. The van der Waals surface area contributed by atoms with E-state index in [4.69, 9.17) is 44.6 Å². The Balaban J connectivity index is 0. The third kappa shape index (κ3) is 51.9. The molecule has 846 valence electrons. The molecule has 22 unspecified atom stereocenters. The van der Waals surface area contributed by atoms with E-state index in [1.165, 1.54) is 77.6 Å². The predicted molar refractivity (Wildman–Crippen MR) is 524 cm³/mol. The first kappa shape index (κ1) is 137. The van der Waals surface area contributed by atoms with Crippen LogP contribution in [-0.2, 0) is 105 Å². The van der Waals surface area contributed by atoms with Crippen LogP contribution in [-0.4, -0.2) is 439 Å². The number of nitrogens with two attached hydrogens (primary N) is 6. The summed E-state index contributed by atoms with van der Waals surface area (Å²) in [6, 6.07) is -18.3. The van der Waals surface area contributed by atoms with E-state index in [1.54, 1.807) is 27.9 Å². The van der Waals surface area contributed by atoms with Crippen molar-refractivity contribution in [3.63, 3.8) is 0 Å². The third-order valence-corrected chi connectivity index (χ3v) is 22.6. The lowest BCUT2D eigenvalue weighted by atomic mass is 9.97. The van der Waals surface area contributed by atoms with Crippen molar-refractivity contribution >= 4 is 143 Å². The van der Waals surface area contributed by atoms with Gasteiger partial charge in [-0.05, 0) is 132 Å². The molecule has 62 heteroatoms. The number of carbonyl (C=O) groups excluding carboxylic acids is 20. The molecular weight excluding hydrogens is 1980 g/mol. The number of aliphatic hydroxyl groups is 8. The number of hydrogen-bond acceptors (Lipinski definition) is 36. The minimum atomic E-state index is -2.41. The van der Waals surface area contributed by atoms with Crippen LogP contribution in [0.15, 0.2) is 33.3 Å². The molecule has 2 saturated heterocycles. The molecule has 0 aromatic rings. The lowest BCUT2D eigenvalue weighted by molar-refractivity contribution is -0.163. The number of nitrogens with zero attached hydrogens (tertiary/aromatic N) is 6. The summed E-state index contributed by atoms with van der Waals surface area (Å²) in [5.41, 5.74) is 33.1. The molecule has 2 heterocycles. The second kappa shape index (κ2) is 71.5. The van der Waals surface area contributed by atoms with Crippen LogP contribution in [0.4, 0.5) is 0 Å². The SMILES string of the molecule is C/C=C(/C)C(=O)NC(CCCN(O)C(C)=O)C(=O)NC(CO)C(=O)NC(CCCN=C(N)N)C(=O)NC1CCCN(C)C1=O.C/C=C(/C)C(=O)NC(CCCN(O)C=O)C(=O)NC(CO)C(=O)NC(CCCN=C(N)N)C(=O)NC1CCCN(C)C1=O.CNC(=O)CNC(=O)C(NC(=O)C(NC(=O)C(C)C(O)C(C)N)C(O)C(=O)O)C(C)O.CNC(=O)CNC(=O)C(NC(=O)C(NC(=O)C(C)C(O)C(C)N)C(O)C(=O)O)C(C)O. The van der Waals surface area contributed by atoms with E-state index < -0.39 is 272 Å². The number of aliphatic imine (C=N–C) groups is 2. The summed E-state index contributed by atoms with van der Waals surface area (Å²) < 4.78 is 0. The van der Waals surface area contributed by atoms with Gasteiger partial charge in [0.15, 0.2) is 24.1 Å². The molecule has 0 aromatic carbocycles. The molecule has 2 fully saturated rings. The number of carbonyl (C=O) groups is 22. The number of rotatable bonds is 59. The summed E-state index contributed by atoms with van der Waals surface area (Å²) in [6.07, 6.45) is -4.02. The molecule has 22 atom stereocenters. The number of amides is 20. The van der Waals surface area contributed by atoms with E-state index in [2.05, 4.69) is 73.8 Å². The molecule has 0 spiro atoms. The van der Waals surface area contributed by atoms with Crippen LogP contribution in [0, 0.1) is 11.8 Å². The summed E-state index contributed by atoms with van der Waals surface area (Å²) in [5, 5.41) is 154. The first-order chi connectivity index (χ1) is 69.5. The largest absolute Gasteiger partial charge is 0.479 e. The second-order valence-electron chi connectivity index (χ2n) is 34.7. The number of carboxylic acid groups (broad SMARTS) is 2. The monoisotopic (exact) mass is 2140 g/mol. The molecule has 0 radical (unpaired) electrons. The standard InChI is InChI=1S/C27H47N9O8.C26H45N9O8.2C17H31N5O9/c1-5-16(2)22(39)31-19(10-8-14-36(44)17(3)38)24(41)34-21(15-37)25(42)32-18(9-6-12-30-27(28)29)23(40)33-20-11-7-13-35(4)26(20)43;1-4-16(2)21(38)30-18(9-7-13-35(43)15-37)23(40)33-20(14-36)24(41)31-17(8-5-11-29-26(27)28)22(39)32-19-10-6-12-34(3)25(19)42;2*1-6(12(25)7(2)18)14(27)22-11(13(26)17(30)31)16(29)21-10(8(3)23)15(28)20-5-9(24)19-4/h5,18-21,37,44H,6-15H2,1-4H3,(H,31,39)(H,32,42)(H,33,40)(H,34,41)(H4,28,29,30);4,15,17-20,36,43H,5-14H2,1-3H3,(H,30,38)(H,31,41)(H,32,39)(H,33,40)(H4,27,28,29);2*6-8,10-13,23,25-26H,5,18H2,1-4H3,(H,19,24)(H,20,28)(H,21,29)(H,22,27)(H,30,31)/b16-5-;16-4-;;. The number of aliphatic carboxylic acids is 2. The quantitative estimate of drug-likeness (QED) is 0.00511. The topological polar surface area (TPSA) is 1000 Å². The Bertz CT molecular complexity index is 4460. The van der Waals surface area contributed by atoms with Gasteiger partial charge in [-0.15, -0.1) is 0 Å². The van der Waals surface area contributed by atoms with Crippen molar-refractivity contribution in [3.8, 4) is 0 Å². The minimum absolute atomic E-state index is 0.0150. The molecular formula is C87H154N28O34. The number of allylic oxidation sites excluding steroid dienone is 2. The maximum Gasteiger partial charge on any atom is 0.335 e. The highest BCUT2D eigenvalue weighted by molar-refractivity contribution is 6.02. The Labute approximate surface area is 858 Å². The average molecular weight is 2140 g/mol. The van der Waals surface area contributed by atoms with Crippen molar-refractivity contribution in [2.24, 2.45) is 56.2 Å². The lowest BCUT2D eigenvalue weighted by Gasteiger charge is -2.31.